The molecule has 0 N–H and O–H groups in total. The maximum absolute atomic E-state index is 11.4. The lowest BCUT2D eigenvalue weighted by atomic mass is 10.7. The van der Waals surface area contributed by atoms with Crippen molar-refractivity contribution in [2.24, 2.45) is 0 Å². The first-order chi connectivity index (χ1) is 4.81. The molecule has 0 saturated heterocycles. The highest BCUT2D eigenvalue weighted by atomic mass is 32.2. The molecule has 0 fully saturated rings. The number of hydrogen-bond donors (Lipinski definition) is 0. The minimum Gasteiger partial charge on any atom is -0.252 e. The molecule has 7 heteroatoms. The van der Waals surface area contributed by atoms with E-state index in [4.69, 9.17) is 0 Å². The van der Waals surface area contributed by atoms with Crippen molar-refractivity contribution < 1.29 is 25.8 Å². The second-order valence-corrected chi connectivity index (χ2v) is 2.93. The summed E-state index contributed by atoms with van der Waals surface area (Å²) in [5.41, 5.74) is -5.38. The molecule has 0 saturated carbocycles. The summed E-state index contributed by atoms with van der Waals surface area (Å²) in [7, 11) is -5.49. The van der Waals surface area contributed by atoms with Crippen LogP contribution in [0.1, 0.15) is 0 Å². The zero-order valence-corrected chi connectivity index (χ0v) is 5.95. The van der Waals surface area contributed by atoms with Gasteiger partial charge in [0, 0.05) is 0 Å². The van der Waals surface area contributed by atoms with Crippen LogP contribution >= 0.6 is 0 Å². The van der Waals surface area contributed by atoms with Crippen LogP contribution in [-0.2, 0) is 14.3 Å². The van der Waals surface area contributed by atoms with Crippen LogP contribution in [0.2, 0.25) is 0 Å². The molecule has 0 aliphatic rings. The standard InChI is InChI=1S/C4H4F3O3S/c1-2-3-10-11(8,9)4(5,6)7/h2-3H,1H2. The van der Waals surface area contributed by atoms with E-state index in [9.17, 15) is 21.6 Å². The largest absolute Gasteiger partial charge is 0.523 e. The minimum absolute atomic E-state index is 0.336. The van der Waals surface area contributed by atoms with Crippen molar-refractivity contribution in [3.05, 3.63) is 19.3 Å². The predicted octanol–water partition coefficient (Wildman–Crippen LogP) is 1.20. The summed E-state index contributed by atoms with van der Waals surface area (Å²) in [5, 5.41) is 0. The van der Waals surface area contributed by atoms with Gasteiger partial charge in [0.15, 0.2) is 0 Å². The van der Waals surface area contributed by atoms with Gasteiger partial charge in [0.1, 0.15) is 6.61 Å². The number of alkyl halides is 3. The van der Waals surface area contributed by atoms with E-state index in [2.05, 4.69) is 10.8 Å². The molecule has 0 bridgehead atoms. The smallest absolute Gasteiger partial charge is 0.252 e. The number of rotatable bonds is 3. The lowest BCUT2D eigenvalue weighted by Gasteiger charge is -2.04. The second-order valence-electron chi connectivity index (χ2n) is 1.37. The molecule has 1 radical (unpaired) electrons. The van der Waals surface area contributed by atoms with E-state index in [0.29, 0.717) is 6.61 Å². The maximum atomic E-state index is 11.4. The van der Waals surface area contributed by atoms with Gasteiger partial charge in [0.25, 0.3) is 0 Å². The summed E-state index contributed by atoms with van der Waals surface area (Å²) < 4.78 is 57.5. The third-order valence-electron chi connectivity index (χ3n) is 0.562. The molecule has 0 aliphatic heterocycles. The average molecular weight is 189 g/mol. The highest BCUT2D eigenvalue weighted by molar-refractivity contribution is 7.87. The van der Waals surface area contributed by atoms with Crippen molar-refractivity contribution in [1.82, 2.24) is 0 Å². The minimum atomic E-state index is -5.49. The third kappa shape index (κ3) is 2.89. The molecule has 0 aromatic heterocycles. The summed E-state index contributed by atoms with van der Waals surface area (Å²) in [5.74, 6) is 0. The van der Waals surface area contributed by atoms with Crippen LogP contribution < -0.4 is 0 Å². The molecule has 0 unspecified atom stereocenters. The topological polar surface area (TPSA) is 43.4 Å². The molecule has 11 heavy (non-hydrogen) atoms. The molecule has 0 aromatic rings. The van der Waals surface area contributed by atoms with Gasteiger partial charge in [-0.2, -0.15) is 21.6 Å². The lowest BCUT2D eigenvalue weighted by molar-refractivity contribution is -0.0521. The van der Waals surface area contributed by atoms with Gasteiger partial charge in [0.05, 0.1) is 0 Å². The van der Waals surface area contributed by atoms with E-state index in [-0.39, 0.29) is 0 Å². The van der Waals surface area contributed by atoms with Crippen LogP contribution in [0.4, 0.5) is 13.2 Å². The summed E-state index contributed by atoms with van der Waals surface area (Å²) in [6, 6.07) is 0. The van der Waals surface area contributed by atoms with E-state index in [1.165, 1.54) is 0 Å². The quantitative estimate of drug-likeness (QED) is 0.495. The summed E-state index contributed by atoms with van der Waals surface area (Å²) in [6.07, 6.45) is 0.781. The molecule has 65 valence electrons. The highest BCUT2D eigenvalue weighted by Crippen LogP contribution is 2.24. The van der Waals surface area contributed by atoms with Crippen molar-refractivity contribution >= 4 is 10.1 Å². The zero-order valence-electron chi connectivity index (χ0n) is 5.13. The Bertz CT molecular complexity index is 227. The SMILES string of the molecule is C=C[CH]OS(=O)(=O)C(F)(F)F. The highest BCUT2D eigenvalue weighted by Gasteiger charge is 2.47. The fraction of sp³-hybridized carbons (Fsp3) is 0.250. The van der Waals surface area contributed by atoms with E-state index in [1.54, 1.807) is 0 Å². The van der Waals surface area contributed by atoms with Crippen molar-refractivity contribution in [1.29, 1.82) is 0 Å². The van der Waals surface area contributed by atoms with Crippen LogP contribution in [0.15, 0.2) is 12.7 Å². The van der Waals surface area contributed by atoms with Gasteiger partial charge in [0.2, 0.25) is 0 Å². The van der Waals surface area contributed by atoms with Gasteiger partial charge in [-0.05, 0) is 0 Å². The number of halogens is 3. The van der Waals surface area contributed by atoms with E-state index in [0.717, 1.165) is 6.08 Å². The molecule has 0 amide bonds. The Kier molecular flexibility index (Phi) is 3.06. The Morgan fingerprint density at radius 1 is 1.36 bits per heavy atom. The average Bonchev–Trinajstić information content (AvgIpc) is 1.81. The van der Waals surface area contributed by atoms with Crippen LogP contribution in [-0.4, -0.2) is 13.9 Å². The Morgan fingerprint density at radius 2 is 1.82 bits per heavy atom. The first kappa shape index (κ1) is 10.4. The molecule has 0 atom stereocenters. The maximum Gasteiger partial charge on any atom is 0.523 e. The normalized spacial score (nSPS) is 13.0. The molecular formula is C4H4F3O3S. The number of hydrogen-bond acceptors (Lipinski definition) is 3. The van der Waals surface area contributed by atoms with Crippen LogP contribution in [0.25, 0.3) is 0 Å². The van der Waals surface area contributed by atoms with Crippen molar-refractivity contribution in [3.63, 3.8) is 0 Å². The van der Waals surface area contributed by atoms with Crippen LogP contribution in [0.3, 0.4) is 0 Å². The van der Waals surface area contributed by atoms with Gasteiger partial charge in [-0.3, -0.25) is 4.18 Å². The fourth-order valence-corrected chi connectivity index (χ4v) is 0.501. The Morgan fingerprint density at radius 3 is 2.09 bits per heavy atom. The van der Waals surface area contributed by atoms with Crippen molar-refractivity contribution in [2.75, 3.05) is 0 Å². The summed E-state index contributed by atoms with van der Waals surface area (Å²) >= 11 is 0. The molecule has 0 rings (SSSR count). The first-order valence-electron chi connectivity index (χ1n) is 2.25. The molecule has 3 nitrogen and oxygen atoms in total. The second kappa shape index (κ2) is 3.22. The molecular weight excluding hydrogens is 185 g/mol. The van der Waals surface area contributed by atoms with Crippen LogP contribution in [0, 0.1) is 6.61 Å². The summed E-state index contributed by atoms with van der Waals surface area (Å²) in [6.45, 7) is 3.27. The van der Waals surface area contributed by atoms with Gasteiger partial charge in [-0.15, -0.1) is 6.58 Å². The zero-order chi connectivity index (χ0) is 9.12. The Labute approximate surface area is 61.6 Å². The first-order valence-corrected chi connectivity index (χ1v) is 3.66. The van der Waals surface area contributed by atoms with Gasteiger partial charge >= 0.3 is 15.6 Å². The lowest BCUT2D eigenvalue weighted by Crippen LogP contribution is -2.24. The Hall–Kier alpha value is -0.560. The third-order valence-corrected chi connectivity index (χ3v) is 1.49. The van der Waals surface area contributed by atoms with Crippen LogP contribution in [0.5, 0.6) is 0 Å². The van der Waals surface area contributed by atoms with Crippen molar-refractivity contribution in [3.8, 4) is 0 Å². The van der Waals surface area contributed by atoms with E-state index >= 15 is 0 Å². The molecule has 0 heterocycles. The molecule has 0 spiro atoms. The molecule has 0 aliphatic carbocycles. The van der Waals surface area contributed by atoms with Gasteiger partial charge < -0.3 is 0 Å². The van der Waals surface area contributed by atoms with E-state index < -0.39 is 15.6 Å². The molecule has 0 aromatic carbocycles. The predicted molar refractivity (Wildman–Crippen MR) is 30.6 cm³/mol. The summed E-state index contributed by atoms with van der Waals surface area (Å²) in [4.78, 5) is 0. The monoisotopic (exact) mass is 189 g/mol. The van der Waals surface area contributed by atoms with Crippen molar-refractivity contribution in [2.45, 2.75) is 5.51 Å². The Balaban J connectivity index is 4.37. The van der Waals surface area contributed by atoms with Gasteiger partial charge in [-0.25, -0.2) is 0 Å². The fourth-order valence-electron chi connectivity index (χ4n) is 0.167. The van der Waals surface area contributed by atoms with E-state index in [1.807, 2.05) is 0 Å². The van der Waals surface area contributed by atoms with Gasteiger partial charge in [-0.1, -0.05) is 6.08 Å².